The minimum Gasteiger partial charge on any atom is -0.373 e. The van der Waals surface area contributed by atoms with Crippen molar-refractivity contribution in [3.63, 3.8) is 0 Å². The molecule has 2 N–H and O–H groups in total. The topological polar surface area (TPSA) is 64.9 Å². The lowest BCUT2D eigenvalue weighted by Crippen LogP contribution is -2.32. The number of rotatable bonds is 4. The molecule has 0 aliphatic carbocycles. The van der Waals surface area contributed by atoms with Gasteiger partial charge in [0.05, 0.1) is 11.3 Å². The van der Waals surface area contributed by atoms with Gasteiger partial charge in [0.25, 0.3) is 0 Å². The van der Waals surface area contributed by atoms with Crippen LogP contribution in [0.3, 0.4) is 0 Å². The van der Waals surface area contributed by atoms with Gasteiger partial charge in [-0.15, -0.1) is 0 Å². The van der Waals surface area contributed by atoms with Gasteiger partial charge in [-0.2, -0.15) is 5.26 Å². The standard InChI is InChI=1S/C16H14FN3O/c1-11(16(21)20-14-5-3-2-4-6-14)19-15-8-7-13(17)9-12(15)10-18/h2-9,11,19H,1H3,(H,20,21). The summed E-state index contributed by atoms with van der Waals surface area (Å²) in [6, 6.07) is 14.2. The number of carbonyl (C=O) groups is 1. The highest BCUT2D eigenvalue weighted by molar-refractivity contribution is 5.96. The summed E-state index contributed by atoms with van der Waals surface area (Å²) >= 11 is 0. The molecule has 0 aliphatic rings. The molecular formula is C16H14FN3O. The van der Waals surface area contributed by atoms with Crippen LogP contribution < -0.4 is 10.6 Å². The van der Waals surface area contributed by atoms with E-state index in [-0.39, 0.29) is 11.5 Å². The van der Waals surface area contributed by atoms with Gasteiger partial charge < -0.3 is 10.6 Å². The van der Waals surface area contributed by atoms with Gasteiger partial charge in [-0.25, -0.2) is 4.39 Å². The van der Waals surface area contributed by atoms with Crippen LogP contribution in [0, 0.1) is 17.1 Å². The first-order valence-electron chi connectivity index (χ1n) is 6.42. The predicted octanol–water partition coefficient (Wildman–Crippen LogP) is 3.14. The van der Waals surface area contributed by atoms with E-state index >= 15 is 0 Å². The lowest BCUT2D eigenvalue weighted by Gasteiger charge is -2.16. The number of benzene rings is 2. The second-order valence-corrected chi connectivity index (χ2v) is 4.52. The summed E-state index contributed by atoms with van der Waals surface area (Å²) in [5, 5.41) is 14.6. The van der Waals surface area contributed by atoms with Crippen molar-refractivity contribution in [2.45, 2.75) is 13.0 Å². The molecule has 0 aromatic heterocycles. The Morgan fingerprint density at radius 1 is 1.24 bits per heavy atom. The van der Waals surface area contributed by atoms with Crippen molar-refractivity contribution >= 4 is 17.3 Å². The average Bonchev–Trinajstić information content (AvgIpc) is 2.49. The van der Waals surface area contributed by atoms with E-state index in [1.54, 1.807) is 19.1 Å². The summed E-state index contributed by atoms with van der Waals surface area (Å²) in [5.41, 5.74) is 1.28. The molecule has 0 aliphatic heterocycles. The summed E-state index contributed by atoms with van der Waals surface area (Å²) in [6.45, 7) is 1.67. The molecule has 1 atom stereocenters. The maximum absolute atomic E-state index is 13.1. The Morgan fingerprint density at radius 3 is 2.62 bits per heavy atom. The Labute approximate surface area is 122 Å². The number of hydrogen-bond donors (Lipinski definition) is 2. The van der Waals surface area contributed by atoms with Gasteiger partial charge in [-0.3, -0.25) is 4.79 Å². The SMILES string of the molecule is CC(Nc1ccc(F)cc1C#N)C(=O)Nc1ccccc1. The van der Waals surface area contributed by atoms with Gasteiger partial charge in [-0.1, -0.05) is 18.2 Å². The number of amides is 1. The Balaban J connectivity index is 2.06. The fraction of sp³-hybridized carbons (Fsp3) is 0.125. The lowest BCUT2D eigenvalue weighted by molar-refractivity contribution is -0.116. The van der Waals surface area contributed by atoms with Gasteiger partial charge in [0.1, 0.15) is 17.9 Å². The largest absolute Gasteiger partial charge is 0.373 e. The normalized spacial score (nSPS) is 11.3. The minimum absolute atomic E-state index is 0.161. The van der Waals surface area contributed by atoms with Crippen LogP contribution in [0.5, 0.6) is 0 Å². The number of carbonyl (C=O) groups excluding carboxylic acids is 1. The Hall–Kier alpha value is -2.87. The smallest absolute Gasteiger partial charge is 0.246 e. The van der Waals surface area contributed by atoms with Crippen LogP contribution in [0.15, 0.2) is 48.5 Å². The maximum atomic E-state index is 13.1. The monoisotopic (exact) mass is 283 g/mol. The molecule has 106 valence electrons. The Bertz CT molecular complexity index is 680. The molecule has 5 heteroatoms. The maximum Gasteiger partial charge on any atom is 0.246 e. The number of para-hydroxylation sites is 1. The third-order valence-electron chi connectivity index (χ3n) is 2.91. The van der Waals surface area contributed by atoms with Crippen molar-refractivity contribution in [2.75, 3.05) is 10.6 Å². The molecule has 1 unspecified atom stereocenters. The van der Waals surface area contributed by atoms with Crippen LogP contribution >= 0.6 is 0 Å². The molecule has 2 aromatic carbocycles. The highest BCUT2D eigenvalue weighted by atomic mass is 19.1. The molecule has 0 saturated heterocycles. The molecule has 21 heavy (non-hydrogen) atoms. The predicted molar refractivity (Wildman–Crippen MR) is 79.3 cm³/mol. The van der Waals surface area contributed by atoms with Crippen LogP contribution in [-0.2, 0) is 4.79 Å². The number of nitrogens with zero attached hydrogens (tertiary/aromatic N) is 1. The van der Waals surface area contributed by atoms with E-state index in [0.29, 0.717) is 11.4 Å². The van der Waals surface area contributed by atoms with Crippen LogP contribution in [0.1, 0.15) is 12.5 Å². The van der Waals surface area contributed by atoms with E-state index in [0.717, 1.165) is 6.07 Å². The second kappa shape index (κ2) is 6.53. The van der Waals surface area contributed by atoms with Gasteiger partial charge >= 0.3 is 0 Å². The van der Waals surface area contributed by atoms with Gasteiger partial charge in [0.2, 0.25) is 5.91 Å². The molecule has 0 saturated carbocycles. The van der Waals surface area contributed by atoms with Crippen LogP contribution in [0.4, 0.5) is 15.8 Å². The molecule has 2 rings (SSSR count). The molecule has 0 heterocycles. The highest BCUT2D eigenvalue weighted by Gasteiger charge is 2.14. The molecule has 1 amide bonds. The van der Waals surface area contributed by atoms with E-state index in [4.69, 9.17) is 5.26 Å². The third-order valence-corrected chi connectivity index (χ3v) is 2.91. The lowest BCUT2D eigenvalue weighted by atomic mass is 10.1. The average molecular weight is 283 g/mol. The fourth-order valence-corrected chi connectivity index (χ4v) is 1.81. The number of nitrogens with one attached hydrogen (secondary N) is 2. The molecule has 0 bridgehead atoms. The number of nitriles is 1. The van der Waals surface area contributed by atoms with Gasteiger partial charge in [0.15, 0.2) is 0 Å². The van der Waals surface area contributed by atoms with E-state index < -0.39 is 11.9 Å². The second-order valence-electron chi connectivity index (χ2n) is 4.52. The minimum atomic E-state index is -0.567. The van der Waals surface area contributed by atoms with Crippen molar-refractivity contribution in [2.24, 2.45) is 0 Å². The molecular weight excluding hydrogens is 269 g/mol. The summed E-state index contributed by atoms with van der Waals surface area (Å²) in [6.07, 6.45) is 0. The van der Waals surface area contributed by atoms with Crippen molar-refractivity contribution in [3.8, 4) is 6.07 Å². The van der Waals surface area contributed by atoms with Crippen LogP contribution in [0.2, 0.25) is 0 Å². The Morgan fingerprint density at radius 2 is 1.95 bits per heavy atom. The quantitative estimate of drug-likeness (QED) is 0.906. The van der Waals surface area contributed by atoms with E-state index in [1.807, 2.05) is 24.3 Å². The first-order valence-corrected chi connectivity index (χ1v) is 6.42. The van der Waals surface area contributed by atoms with Crippen LogP contribution in [-0.4, -0.2) is 11.9 Å². The summed E-state index contributed by atoms with van der Waals surface area (Å²) in [7, 11) is 0. The highest BCUT2D eigenvalue weighted by Crippen LogP contribution is 2.17. The van der Waals surface area contributed by atoms with Crippen molar-refractivity contribution in [3.05, 3.63) is 59.9 Å². The van der Waals surface area contributed by atoms with Crippen molar-refractivity contribution < 1.29 is 9.18 Å². The summed E-state index contributed by atoms with van der Waals surface area (Å²) < 4.78 is 13.1. The number of anilines is 2. The first kappa shape index (κ1) is 14.5. The van der Waals surface area contributed by atoms with E-state index in [9.17, 15) is 9.18 Å². The Kier molecular flexibility index (Phi) is 4.52. The number of halogens is 1. The summed E-state index contributed by atoms with van der Waals surface area (Å²) in [4.78, 5) is 12.1. The molecule has 0 radical (unpaired) electrons. The first-order chi connectivity index (χ1) is 10.1. The summed E-state index contributed by atoms with van der Waals surface area (Å²) in [5.74, 6) is -0.729. The fourth-order valence-electron chi connectivity index (χ4n) is 1.81. The van der Waals surface area contributed by atoms with Crippen LogP contribution in [0.25, 0.3) is 0 Å². The zero-order chi connectivity index (χ0) is 15.2. The van der Waals surface area contributed by atoms with Crippen molar-refractivity contribution in [1.82, 2.24) is 0 Å². The third kappa shape index (κ3) is 3.80. The zero-order valence-electron chi connectivity index (χ0n) is 11.4. The van der Waals surface area contributed by atoms with E-state index in [1.165, 1.54) is 12.1 Å². The number of hydrogen-bond acceptors (Lipinski definition) is 3. The van der Waals surface area contributed by atoms with E-state index in [2.05, 4.69) is 10.6 Å². The molecule has 2 aromatic rings. The molecule has 4 nitrogen and oxygen atoms in total. The van der Waals surface area contributed by atoms with Gasteiger partial charge in [0, 0.05) is 5.69 Å². The molecule has 0 spiro atoms. The molecule has 0 fully saturated rings. The zero-order valence-corrected chi connectivity index (χ0v) is 11.4. The van der Waals surface area contributed by atoms with Crippen molar-refractivity contribution in [1.29, 1.82) is 5.26 Å². The van der Waals surface area contributed by atoms with Gasteiger partial charge in [-0.05, 0) is 37.3 Å².